The number of nitriles is 1. The van der Waals surface area contributed by atoms with Gasteiger partial charge in [0, 0.05) is 19.3 Å². The van der Waals surface area contributed by atoms with Crippen LogP contribution in [-0.4, -0.2) is 22.8 Å². The first-order valence-electron chi connectivity index (χ1n) is 8.02. The monoisotopic (exact) mass is 319 g/mol. The van der Waals surface area contributed by atoms with E-state index in [0.29, 0.717) is 5.56 Å². The van der Waals surface area contributed by atoms with Crippen molar-refractivity contribution in [2.75, 3.05) is 7.05 Å². The Hall–Kier alpha value is -2.93. The number of amides is 1. The van der Waals surface area contributed by atoms with Crippen molar-refractivity contribution in [1.29, 1.82) is 5.26 Å². The minimum absolute atomic E-state index is 0.0560. The van der Waals surface area contributed by atoms with Crippen LogP contribution >= 0.6 is 0 Å². The minimum atomic E-state index is -0.105. The second-order valence-corrected chi connectivity index (χ2v) is 5.54. The molecule has 2 rings (SSSR count). The average molecular weight is 319 g/mol. The van der Waals surface area contributed by atoms with E-state index in [1.54, 1.807) is 30.3 Å². The topological polar surface area (TPSA) is 57.0 Å². The lowest BCUT2D eigenvalue weighted by molar-refractivity contribution is -0.127. The SMILES string of the molecule is CCC[C@@H](c1ccccn1)N(C)C(=O)/C=C/c1ccccc1C#N. The molecule has 0 saturated carbocycles. The number of carbonyl (C=O) groups excluding carboxylic acids is 1. The molecular formula is C20H21N3O. The Bertz CT molecular complexity index is 747. The summed E-state index contributed by atoms with van der Waals surface area (Å²) in [4.78, 5) is 18.6. The van der Waals surface area contributed by atoms with E-state index in [4.69, 9.17) is 5.26 Å². The van der Waals surface area contributed by atoms with Crippen molar-refractivity contribution in [1.82, 2.24) is 9.88 Å². The predicted octanol–water partition coefficient (Wildman–Crippen LogP) is 3.97. The summed E-state index contributed by atoms with van der Waals surface area (Å²) in [6, 6.07) is 15.0. The molecule has 2 aromatic rings. The van der Waals surface area contributed by atoms with Crippen LogP contribution in [0.15, 0.2) is 54.7 Å². The zero-order valence-corrected chi connectivity index (χ0v) is 14.0. The third-order valence-electron chi connectivity index (χ3n) is 3.89. The van der Waals surface area contributed by atoms with Crippen molar-refractivity contribution in [3.8, 4) is 6.07 Å². The first kappa shape index (κ1) is 17.4. The molecule has 24 heavy (non-hydrogen) atoms. The number of hydrogen-bond acceptors (Lipinski definition) is 3. The van der Waals surface area contributed by atoms with E-state index >= 15 is 0 Å². The fraction of sp³-hybridized carbons (Fsp3) is 0.250. The summed E-state index contributed by atoms with van der Waals surface area (Å²) in [5, 5.41) is 9.11. The van der Waals surface area contributed by atoms with Gasteiger partial charge in [0.15, 0.2) is 0 Å². The zero-order valence-electron chi connectivity index (χ0n) is 14.0. The van der Waals surface area contributed by atoms with E-state index < -0.39 is 0 Å². The summed E-state index contributed by atoms with van der Waals surface area (Å²) in [7, 11) is 1.79. The molecule has 0 aliphatic carbocycles. The van der Waals surface area contributed by atoms with Crippen LogP contribution in [0.2, 0.25) is 0 Å². The molecule has 4 nitrogen and oxygen atoms in total. The number of aromatic nitrogens is 1. The summed E-state index contributed by atoms with van der Waals surface area (Å²) < 4.78 is 0. The lowest BCUT2D eigenvalue weighted by atomic mass is 10.1. The smallest absolute Gasteiger partial charge is 0.246 e. The Kier molecular flexibility index (Phi) is 6.27. The number of likely N-dealkylation sites (N-methyl/N-ethyl adjacent to an activating group) is 1. The average Bonchev–Trinajstić information content (AvgIpc) is 2.64. The normalized spacial score (nSPS) is 11.9. The van der Waals surface area contributed by atoms with Crippen molar-refractivity contribution in [2.24, 2.45) is 0 Å². The molecule has 1 aromatic carbocycles. The van der Waals surface area contributed by atoms with E-state index in [2.05, 4.69) is 18.0 Å². The number of benzene rings is 1. The minimum Gasteiger partial charge on any atom is -0.334 e. The van der Waals surface area contributed by atoms with Crippen LogP contribution in [0.3, 0.4) is 0 Å². The second-order valence-electron chi connectivity index (χ2n) is 5.54. The summed E-state index contributed by atoms with van der Waals surface area (Å²) in [6.07, 6.45) is 6.76. The number of carbonyl (C=O) groups is 1. The van der Waals surface area contributed by atoms with E-state index in [0.717, 1.165) is 24.1 Å². The lowest BCUT2D eigenvalue weighted by Crippen LogP contribution is -2.30. The van der Waals surface area contributed by atoms with E-state index in [1.807, 2.05) is 36.4 Å². The van der Waals surface area contributed by atoms with Gasteiger partial charge in [0.1, 0.15) is 0 Å². The lowest BCUT2D eigenvalue weighted by Gasteiger charge is -2.26. The van der Waals surface area contributed by atoms with Gasteiger partial charge in [-0.15, -0.1) is 0 Å². The molecule has 0 unspecified atom stereocenters. The van der Waals surface area contributed by atoms with Crippen molar-refractivity contribution < 1.29 is 4.79 Å². The van der Waals surface area contributed by atoms with Gasteiger partial charge in [0.25, 0.3) is 0 Å². The maximum absolute atomic E-state index is 12.5. The fourth-order valence-corrected chi connectivity index (χ4v) is 2.56. The van der Waals surface area contributed by atoms with Crippen LogP contribution < -0.4 is 0 Å². The molecule has 1 aromatic heterocycles. The number of pyridine rings is 1. The zero-order chi connectivity index (χ0) is 17.4. The third kappa shape index (κ3) is 4.30. The Balaban J connectivity index is 2.18. The summed E-state index contributed by atoms with van der Waals surface area (Å²) in [5.74, 6) is -0.105. The maximum Gasteiger partial charge on any atom is 0.246 e. The van der Waals surface area contributed by atoms with Gasteiger partial charge in [-0.1, -0.05) is 37.6 Å². The maximum atomic E-state index is 12.5. The van der Waals surface area contributed by atoms with Crippen LogP contribution in [0.25, 0.3) is 6.08 Å². The molecule has 0 bridgehead atoms. The third-order valence-corrected chi connectivity index (χ3v) is 3.89. The summed E-state index contributed by atoms with van der Waals surface area (Å²) in [6.45, 7) is 2.09. The Morgan fingerprint density at radius 3 is 2.71 bits per heavy atom. The van der Waals surface area contributed by atoms with Crippen LogP contribution in [-0.2, 0) is 4.79 Å². The van der Waals surface area contributed by atoms with Gasteiger partial charge < -0.3 is 4.90 Å². The van der Waals surface area contributed by atoms with Crippen molar-refractivity contribution >= 4 is 12.0 Å². The van der Waals surface area contributed by atoms with E-state index in [1.165, 1.54) is 6.08 Å². The highest BCUT2D eigenvalue weighted by Gasteiger charge is 2.20. The Labute approximate surface area is 143 Å². The summed E-state index contributed by atoms with van der Waals surface area (Å²) in [5.41, 5.74) is 2.19. The van der Waals surface area contributed by atoms with Crippen LogP contribution in [0.1, 0.15) is 42.6 Å². The highest BCUT2D eigenvalue weighted by molar-refractivity contribution is 5.92. The standard InChI is InChI=1S/C20H21N3O/c1-3-8-19(18-11-6-7-14-22-18)23(2)20(24)13-12-16-9-4-5-10-17(16)15-21/h4-7,9-14,19H,3,8H2,1-2H3/b13-12+/t19-/m0/s1. The highest BCUT2D eigenvalue weighted by atomic mass is 16.2. The molecule has 0 N–H and O–H groups in total. The molecule has 0 radical (unpaired) electrons. The molecule has 1 amide bonds. The van der Waals surface area contributed by atoms with Crippen molar-refractivity contribution in [2.45, 2.75) is 25.8 Å². The number of hydrogen-bond donors (Lipinski definition) is 0. The summed E-state index contributed by atoms with van der Waals surface area (Å²) >= 11 is 0. The highest BCUT2D eigenvalue weighted by Crippen LogP contribution is 2.23. The molecule has 0 spiro atoms. The quantitative estimate of drug-likeness (QED) is 0.757. The fourth-order valence-electron chi connectivity index (χ4n) is 2.56. The number of nitrogens with zero attached hydrogens (tertiary/aromatic N) is 3. The molecule has 0 aliphatic rings. The van der Waals surface area contributed by atoms with Crippen molar-refractivity contribution in [3.63, 3.8) is 0 Å². The first-order valence-corrected chi connectivity index (χ1v) is 8.02. The van der Waals surface area contributed by atoms with Gasteiger partial charge in [0.2, 0.25) is 5.91 Å². The van der Waals surface area contributed by atoms with E-state index in [-0.39, 0.29) is 11.9 Å². The number of rotatable bonds is 6. The molecule has 1 heterocycles. The predicted molar refractivity (Wildman–Crippen MR) is 94.8 cm³/mol. The van der Waals surface area contributed by atoms with Gasteiger partial charge in [-0.2, -0.15) is 5.26 Å². The van der Waals surface area contributed by atoms with Gasteiger partial charge in [-0.3, -0.25) is 9.78 Å². The van der Waals surface area contributed by atoms with Gasteiger partial charge in [0.05, 0.1) is 23.4 Å². The van der Waals surface area contributed by atoms with Crippen LogP contribution in [0.4, 0.5) is 0 Å². The molecule has 1 atom stereocenters. The molecular weight excluding hydrogens is 298 g/mol. The van der Waals surface area contributed by atoms with Crippen LogP contribution in [0, 0.1) is 11.3 Å². The Morgan fingerprint density at radius 1 is 1.29 bits per heavy atom. The molecule has 122 valence electrons. The van der Waals surface area contributed by atoms with Crippen LogP contribution in [0.5, 0.6) is 0 Å². The largest absolute Gasteiger partial charge is 0.334 e. The molecule has 4 heteroatoms. The van der Waals surface area contributed by atoms with Gasteiger partial charge in [-0.05, 0) is 36.3 Å². The Morgan fingerprint density at radius 2 is 2.04 bits per heavy atom. The van der Waals surface area contributed by atoms with Crippen molar-refractivity contribution in [3.05, 3.63) is 71.6 Å². The second kappa shape index (κ2) is 8.64. The first-order chi connectivity index (χ1) is 11.7. The van der Waals surface area contributed by atoms with Gasteiger partial charge >= 0.3 is 0 Å². The van der Waals surface area contributed by atoms with E-state index in [9.17, 15) is 4.79 Å². The molecule has 0 saturated heterocycles. The van der Waals surface area contributed by atoms with Gasteiger partial charge in [-0.25, -0.2) is 0 Å². The molecule has 0 fully saturated rings. The molecule has 0 aliphatic heterocycles.